The van der Waals surface area contributed by atoms with Crippen molar-refractivity contribution in [2.45, 2.75) is 27.7 Å². The molecule has 0 aliphatic carbocycles. The molecule has 144 valence electrons. The molecule has 1 amide bonds. The third kappa shape index (κ3) is 4.68. The largest absolute Gasteiger partial charge is 0.484 e. The first-order valence-electron chi connectivity index (χ1n) is 9.21. The van der Waals surface area contributed by atoms with Gasteiger partial charge in [0.1, 0.15) is 5.75 Å². The van der Waals surface area contributed by atoms with E-state index < -0.39 is 0 Å². The van der Waals surface area contributed by atoms with Gasteiger partial charge in [-0.25, -0.2) is 5.43 Å². The molecule has 3 aromatic rings. The van der Waals surface area contributed by atoms with Crippen LogP contribution < -0.4 is 10.2 Å². The van der Waals surface area contributed by atoms with Crippen LogP contribution in [-0.2, 0) is 4.79 Å². The molecular weight excluding hydrogens is 350 g/mol. The lowest BCUT2D eigenvalue weighted by Gasteiger charge is -2.11. The van der Waals surface area contributed by atoms with Crippen LogP contribution in [0.2, 0.25) is 0 Å². The Bertz CT molecular complexity index is 984. The van der Waals surface area contributed by atoms with Crippen molar-refractivity contribution in [3.05, 3.63) is 82.7 Å². The molecule has 0 unspecified atom stereocenters. The van der Waals surface area contributed by atoms with Crippen molar-refractivity contribution in [1.82, 2.24) is 9.99 Å². The molecule has 0 aliphatic heterocycles. The second kappa shape index (κ2) is 8.57. The normalized spacial score (nSPS) is 11.0. The van der Waals surface area contributed by atoms with E-state index in [0.29, 0.717) is 5.75 Å². The highest BCUT2D eigenvalue weighted by molar-refractivity contribution is 5.84. The molecule has 2 aromatic carbocycles. The Labute approximate surface area is 165 Å². The van der Waals surface area contributed by atoms with Crippen LogP contribution >= 0.6 is 0 Å². The van der Waals surface area contributed by atoms with E-state index in [1.165, 1.54) is 11.1 Å². The molecule has 5 heteroatoms. The van der Waals surface area contributed by atoms with E-state index in [1.54, 1.807) is 18.3 Å². The first-order valence-corrected chi connectivity index (χ1v) is 9.21. The lowest BCUT2D eigenvalue weighted by molar-refractivity contribution is -0.123. The van der Waals surface area contributed by atoms with Gasteiger partial charge in [0.2, 0.25) is 0 Å². The zero-order chi connectivity index (χ0) is 20.1. The van der Waals surface area contributed by atoms with Crippen molar-refractivity contribution in [2.75, 3.05) is 6.61 Å². The standard InChI is InChI=1S/C23H25N3O2/c1-16-10-17(2)12-21(11-16)26-18(3)13-20(19(26)4)14-24-25-23(27)15-28-22-8-6-5-7-9-22/h5-14H,15H2,1-4H3,(H,25,27)/b24-14+. The van der Waals surface area contributed by atoms with Crippen LogP contribution in [0.15, 0.2) is 59.7 Å². The van der Waals surface area contributed by atoms with Crippen molar-refractivity contribution < 1.29 is 9.53 Å². The SMILES string of the molecule is Cc1cc(C)cc(-n2c(C)cc(/C=N/NC(=O)COc3ccccc3)c2C)c1. The number of ether oxygens (including phenoxy) is 1. The molecule has 0 bridgehead atoms. The fraction of sp³-hybridized carbons (Fsp3) is 0.217. The van der Waals surface area contributed by atoms with Crippen molar-refractivity contribution in [2.24, 2.45) is 5.10 Å². The summed E-state index contributed by atoms with van der Waals surface area (Å²) in [5.41, 5.74) is 9.24. The fourth-order valence-electron chi connectivity index (χ4n) is 3.27. The van der Waals surface area contributed by atoms with Crippen molar-refractivity contribution in [3.63, 3.8) is 0 Å². The molecule has 0 atom stereocenters. The van der Waals surface area contributed by atoms with E-state index in [-0.39, 0.29) is 12.5 Å². The average Bonchev–Trinajstić information content (AvgIpc) is 2.93. The van der Waals surface area contributed by atoms with E-state index in [9.17, 15) is 4.79 Å². The number of rotatable bonds is 6. The highest BCUT2D eigenvalue weighted by atomic mass is 16.5. The number of hydrazone groups is 1. The van der Waals surface area contributed by atoms with Crippen molar-refractivity contribution in [1.29, 1.82) is 0 Å². The topological polar surface area (TPSA) is 55.6 Å². The first kappa shape index (κ1) is 19.4. The van der Waals surface area contributed by atoms with Crippen LogP contribution in [0.1, 0.15) is 28.1 Å². The number of aromatic nitrogens is 1. The van der Waals surface area contributed by atoms with Crippen LogP contribution in [0, 0.1) is 27.7 Å². The Morgan fingerprint density at radius 3 is 2.39 bits per heavy atom. The molecule has 3 rings (SSSR count). The van der Waals surface area contributed by atoms with Crippen LogP contribution in [0.25, 0.3) is 5.69 Å². The summed E-state index contributed by atoms with van der Waals surface area (Å²) in [4.78, 5) is 11.9. The highest BCUT2D eigenvalue weighted by Gasteiger charge is 2.10. The van der Waals surface area contributed by atoms with Gasteiger partial charge in [0, 0.05) is 22.6 Å². The van der Waals surface area contributed by atoms with Gasteiger partial charge in [-0.05, 0) is 69.2 Å². The number of nitrogens with zero attached hydrogens (tertiary/aromatic N) is 2. The minimum Gasteiger partial charge on any atom is -0.484 e. The summed E-state index contributed by atoms with van der Waals surface area (Å²) in [6.45, 7) is 8.23. The molecule has 0 radical (unpaired) electrons. The minimum absolute atomic E-state index is 0.0804. The Hall–Kier alpha value is -3.34. The second-order valence-corrected chi connectivity index (χ2v) is 6.90. The Balaban J connectivity index is 1.67. The van der Waals surface area contributed by atoms with Crippen molar-refractivity contribution >= 4 is 12.1 Å². The van der Waals surface area contributed by atoms with Gasteiger partial charge in [0.05, 0.1) is 6.21 Å². The predicted molar refractivity (Wildman–Crippen MR) is 112 cm³/mol. The Kier molecular flexibility index (Phi) is 5.94. The summed E-state index contributed by atoms with van der Waals surface area (Å²) in [6, 6.07) is 17.8. The number of aryl methyl sites for hydroxylation is 3. The summed E-state index contributed by atoms with van der Waals surface area (Å²) in [5, 5.41) is 4.08. The number of benzene rings is 2. The van der Waals surface area contributed by atoms with Gasteiger partial charge in [0.15, 0.2) is 6.61 Å². The molecule has 1 heterocycles. The van der Waals surface area contributed by atoms with Gasteiger partial charge in [-0.1, -0.05) is 24.3 Å². The van der Waals surface area contributed by atoms with Gasteiger partial charge in [-0.2, -0.15) is 5.10 Å². The molecule has 1 N–H and O–H groups in total. The van der Waals surface area contributed by atoms with Crippen LogP contribution in [0.4, 0.5) is 0 Å². The number of amides is 1. The molecule has 0 fully saturated rings. The predicted octanol–water partition coefficient (Wildman–Crippen LogP) is 4.24. The number of hydrogen-bond donors (Lipinski definition) is 1. The van der Waals surface area contributed by atoms with Gasteiger partial charge in [-0.15, -0.1) is 0 Å². The van der Waals surface area contributed by atoms with Crippen LogP contribution in [-0.4, -0.2) is 23.3 Å². The maximum Gasteiger partial charge on any atom is 0.277 e. The molecule has 28 heavy (non-hydrogen) atoms. The number of hydrogen-bond acceptors (Lipinski definition) is 3. The smallest absolute Gasteiger partial charge is 0.277 e. The van der Waals surface area contributed by atoms with Gasteiger partial charge in [0.25, 0.3) is 5.91 Å². The van der Waals surface area contributed by atoms with E-state index in [2.05, 4.69) is 60.1 Å². The van der Waals surface area contributed by atoms with E-state index >= 15 is 0 Å². The summed E-state index contributed by atoms with van der Waals surface area (Å²) < 4.78 is 7.60. The molecule has 0 saturated heterocycles. The summed E-state index contributed by atoms with van der Waals surface area (Å²) in [6.07, 6.45) is 1.67. The lowest BCUT2D eigenvalue weighted by Crippen LogP contribution is -2.24. The Morgan fingerprint density at radius 2 is 1.71 bits per heavy atom. The second-order valence-electron chi connectivity index (χ2n) is 6.90. The quantitative estimate of drug-likeness (QED) is 0.517. The van der Waals surface area contributed by atoms with E-state index in [1.807, 2.05) is 25.1 Å². The van der Waals surface area contributed by atoms with Gasteiger partial charge in [-0.3, -0.25) is 4.79 Å². The molecule has 5 nitrogen and oxygen atoms in total. The first-order chi connectivity index (χ1) is 13.4. The highest BCUT2D eigenvalue weighted by Crippen LogP contribution is 2.21. The van der Waals surface area contributed by atoms with Crippen LogP contribution in [0.3, 0.4) is 0 Å². The zero-order valence-electron chi connectivity index (χ0n) is 16.7. The molecule has 1 aromatic heterocycles. The van der Waals surface area contributed by atoms with E-state index in [0.717, 1.165) is 22.6 Å². The van der Waals surface area contributed by atoms with Crippen molar-refractivity contribution in [3.8, 4) is 11.4 Å². The van der Waals surface area contributed by atoms with Gasteiger partial charge < -0.3 is 9.30 Å². The third-order valence-corrected chi connectivity index (χ3v) is 4.44. The van der Waals surface area contributed by atoms with E-state index in [4.69, 9.17) is 4.74 Å². The maximum absolute atomic E-state index is 11.9. The maximum atomic E-state index is 11.9. The summed E-state index contributed by atoms with van der Waals surface area (Å²) in [5.74, 6) is 0.349. The summed E-state index contributed by atoms with van der Waals surface area (Å²) >= 11 is 0. The molecular formula is C23H25N3O2. The molecule has 0 aliphatic rings. The number of carbonyl (C=O) groups is 1. The zero-order valence-corrected chi connectivity index (χ0v) is 16.7. The fourth-order valence-corrected chi connectivity index (χ4v) is 3.27. The number of para-hydroxylation sites is 1. The Morgan fingerprint density at radius 1 is 1.04 bits per heavy atom. The van der Waals surface area contributed by atoms with Gasteiger partial charge >= 0.3 is 0 Å². The summed E-state index contributed by atoms with van der Waals surface area (Å²) in [7, 11) is 0. The minimum atomic E-state index is -0.303. The average molecular weight is 375 g/mol. The number of nitrogens with one attached hydrogen (secondary N) is 1. The monoisotopic (exact) mass is 375 g/mol. The molecule has 0 spiro atoms. The third-order valence-electron chi connectivity index (χ3n) is 4.44. The lowest BCUT2D eigenvalue weighted by atomic mass is 10.1. The molecule has 0 saturated carbocycles. The number of carbonyl (C=O) groups excluding carboxylic acids is 1. The van der Waals surface area contributed by atoms with Crippen LogP contribution in [0.5, 0.6) is 5.75 Å².